The molecule has 1 heterocycles. The minimum Gasteiger partial charge on any atom is -0.449 e. The Kier molecular flexibility index (Phi) is 3.46. The van der Waals surface area contributed by atoms with Crippen LogP contribution in [0.25, 0.3) is 0 Å². The molecule has 1 N–H and O–H groups in total. The van der Waals surface area contributed by atoms with Crippen molar-refractivity contribution >= 4 is 6.09 Å². The Morgan fingerprint density at radius 2 is 2.13 bits per heavy atom. The summed E-state index contributed by atoms with van der Waals surface area (Å²) in [6.45, 7) is 1.42. The Hall–Kier alpha value is -0.770. The van der Waals surface area contributed by atoms with Crippen molar-refractivity contribution in [2.45, 2.75) is 38.1 Å². The predicted molar refractivity (Wildman–Crippen MR) is 55.5 cm³/mol. The van der Waals surface area contributed by atoms with Crippen molar-refractivity contribution in [2.75, 3.05) is 19.8 Å². The number of cyclic esters (lactones) is 1. The highest BCUT2D eigenvalue weighted by atomic mass is 16.6. The third-order valence-electron chi connectivity index (χ3n) is 3.43. The van der Waals surface area contributed by atoms with E-state index in [1.807, 2.05) is 4.90 Å². The minimum absolute atomic E-state index is 0.156. The van der Waals surface area contributed by atoms with Gasteiger partial charge in [-0.05, 0) is 19.3 Å². The Morgan fingerprint density at radius 1 is 1.40 bits per heavy atom. The molecule has 1 atom stereocenters. The molecule has 0 bridgehead atoms. The fourth-order valence-electron chi connectivity index (χ4n) is 2.55. The highest BCUT2D eigenvalue weighted by Crippen LogP contribution is 2.27. The Morgan fingerprint density at radius 3 is 2.80 bits per heavy atom. The van der Waals surface area contributed by atoms with Gasteiger partial charge in [0, 0.05) is 25.1 Å². The van der Waals surface area contributed by atoms with Crippen LogP contribution in [0.1, 0.15) is 32.1 Å². The third-order valence-corrected chi connectivity index (χ3v) is 3.43. The van der Waals surface area contributed by atoms with Gasteiger partial charge in [-0.25, -0.2) is 4.79 Å². The van der Waals surface area contributed by atoms with Crippen LogP contribution in [0.5, 0.6) is 0 Å². The first kappa shape index (κ1) is 10.7. The topological polar surface area (TPSA) is 49.8 Å². The predicted octanol–water partition coefficient (Wildman–Crippen LogP) is 1.38. The van der Waals surface area contributed by atoms with E-state index in [0.29, 0.717) is 18.6 Å². The maximum atomic E-state index is 11.6. The van der Waals surface area contributed by atoms with Crippen LogP contribution in [0.2, 0.25) is 0 Å². The zero-order valence-corrected chi connectivity index (χ0v) is 9.02. The van der Waals surface area contributed by atoms with Crippen molar-refractivity contribution in [2.24, 2.45) is 5.92 Å². The van der Waals surface area contributed by atoms with E-state index in [1.165, 1.54) is 12.8 Å². The van der Waals surface area contributed by atoms with Crippen molar-refractivity contribution in [3.05, 3.63) is 0 Å². The number of ether oxygens (including phenoxy) is 1. The molecule has 0 aromatic rings. The van der Waals surface area contributed by atoms with E-state index in [9.17, 15) is 4.79 Å². The van der Waals surface area contributed by atoms with Crippen molar-refractivity contribution in [3.63, 3.8) is 0 Å². The summed E-state index contributed by atoms with van der Waals surface area (Å²) >= 11 is 0. The van der Waals surface area contributed by atoms with Crippen LogP contribution >= 0.6 is 0 Å². The van der Waals surface area contributed by atoms with E-state index >= 15 is 0 Å². The average molecular weight is 213 g/mol. The molecule has 2 rings (SSSR count). The molecule has 1 amide bonds. The van der Waals surface area contributed by atoms with Gasteiger partial charge >= 0.3 is 6.09 Å². The number of nitrogens with zero attached hydrogens (tertiary/aromatic N) is 1. The van der Waals surface area contributed by atoms with Gasteiger partial charge in [0.1, 0.15) is 0 Å². The smallest absolute Gasteiger partial charge is 0.410 e. The number of aliphatic hydroxyl groups excluding tert-OH is 1. The summed E-state index contributed by atoms with van der Waals surface area (Å²) in [5.74, 6) is 0.313. The zero-order valence-electron chi connectivity index (χ0n) is 9.02. The van der Waals surface area contributed by atoms with Crippen LogP contribution in [-0.2, 0) is 4.74 Å². The van der Waals surface area contributed by atoms with Crippen LogP contribution in [0.15, 0.2) is 0 Å². The summed E-state index contributed by atoms with van der Waals surface area (Å²) in [5.41, 5.74) is 0. The minimum atomic E-state index is -0.156. The number of aliphatic hydroxyl groups is 1. The van der Waals surface area contributed by atoms with E-state index in [0.717, 1.165) is 25.8 Å². The van der Waals surface area contributed by atoms with Gasteiger partial charge in [0.05, 0.1) is 6.61 Å². The molecule has 0 spiro atoms. The number of carbonyl (C=O) groups excluding carboxylic acids is 1. The molecule has 2 aliphatic rings. The Balaban J connectivity index is 1.92. The summed E-state index contributed by atoms with van der Waals surface area (Å²) in [4.78, 5) is 13.4. The zero-order chi connectivity index (χ0) is 10.7. The van der Waals surface area contributed by atoms with Crippen molar-refractivity contribution < 1.29 is 14.6 Å². The second-order valence-corrected chi connectivity index (χ2v) is 4.55. The monoisotopic (exact) mass is 213 g/mol. The number of carbonyl (C=O) groups is 1. The molecule has 1 saturated heterocycles. The first-order chi connectivity index (χ1) is 7.31. The van der Waals surface area contributed by atoms with Crippen molar-refractivity contribution in [3.8, 4) is 0 Å². The van der Waals surface area contributed by atoms with E-state index in [1.54, 1.807) is 0 Å². The van der Waals surface area contributed by atoms with Crippen molar-refractivity contribution in [1.82, 2.24) is 4.90 Å². The van der Waals surface area contributed by atoms with Gasteiger partial charge in [-0.1, -0.05) is 12.8 Å². The standard InChI is InChI=1S/C11H19NO3/c13-6-5-9-7-12(11(14)15-8-9)10-3-1-2-4-10/h9-10,13H,1-8H2. The van der Waals surface area contributed by atoms with E-state index in [2.05, 4.69) is 0 Å². The summed E-state index contributed by atoms with van der Waals surface area (Å²) in [7, 11) is 0. The fourth-order valence-corrected chi connectivity index (χ4v) is 2.55. The summed E-state index contributed by atoms with van der Waals surface area (Å²) in [5, 5.41) is 8.88. The van der Waals surface area contributed by atoms with E-state index in [-0.39, 0.29) is 12.7 Å². The quantitative estimate of drug-likeness (QED) is 0.770. The SMILES string of the molecule is O=C1OCC(CCO)CN1C1CCCC1. The maximum Gasteiger partial charge on any atom is 0.410 e. The van der Waals surface area contributed by atoms with Crippen LogP contribution in [0, 0.1) is 5.92 Å². The second-order valence-electron chi connectivity index (χ2n) is 4.55. The second kappa shape index (κ2) is 4.84. The number of hydrogen-bond donors (Lipinski definition) is 1. The van der Waals surface area contributed by atoms with Gasteiger partial charge in [0.15, 0.2) is 0 Å². The first-order valence-corrected chi connectivity index (χ1v) is 5.85. The van der Waals surface area contributed by atoms with Crippen molar-refractivity contribution in [1.29, 1.82) is 0 Å². The highest BCUT2D eigenvalue weighted by molar-refractivity contribution is 5.68. The molecule has 1 aliphatic carbocycles. The largest absolute Gasteiger partial charge is 0.449 e. The first-order valence-electron chi connectivity index (χ1n) is 5.85. The van der Waals surface area contributed by atoms with Crippen LogP contribution < -0.4 is 0 Å². The lowest BCUT2D eigenvalue weighted by molar-refractivity contribution is 0.0205. The van der Waals surface area contributed by atoms with E-state index < -0.39 is 0 Å². The lowest BCUT2D eigenvalue weighted by Crippen LogP contribution is -2.47. The molecule has 1 aliphatic heterocycles. The molecule has 0 aromatic heterocycles. The summed E-state index contributed by atoms with van der Waals surface area (Å²) < 4.78 is 5.14. The molecular weight excluding hydrogens is 194 g/mol. The molecule has 4 heteroatoms. The number of hydrogen-bond acceptors (Lipinski definition) is 3. The van der Waals surface area contributed by atoms with Gasteiger partial charge in [-0.3, -0.25) is 0 Å². The highest BCUT2D eigenvalue weighted by Gasteiger charge is 2.33. The Labute approximate surface area is 90.2 Å². The summed E-state index contributed by atoms with van der Waals surface area (Å²) in [6.07, 6.45) is 5.24. The van der Waals surface area contributed by atoms with Gasteiger partial charge < -0.3 is 14.7 Å². The maximum absolute atomic E-state index is 11.6. The molecule has 1 unspecified atom stereocenters. The van der Waals surface area contributed by atoms with Crippen LogP contribution in [0.3, 0.4) is 0 Å². The van der Waals surface area contributed by atoms with Gasteiger partial charge in [-0.15, -0.1) is 0 Å². The number of amides is 1. The average Bonchev–Trinajstić information content (AvgIpc) is 2.74. The number of rotatable bonds is 3. The van der Waals surface area contributed by atoms with Gasteiger partial charge in [0.2, 0.25) is 0 Å². The molecule has 15 heavy (non-hydrogen) atoms. The van der Waals surface area contributed by atoms with E-state index in [4.69, 9.17) is 9.84 Å². The molecule has 86 valence electrons. The normalized spacial score (nSPS) is 28.2. The Bertz CT molecular complexity index is 226. The molecular formula is C11H19NO3. The van der Waals surface area contributed by atoms with Gasteiger partial charge in [0.25, 0.3) is 0 Å². The molecule has 0 aromatic carbocycles. The lowest BCUT2D eigenvalue weighted by Gasteiger charge is -2.35. The molecule has 4 nitrogen and oxygen atoms in total. The van der Waals surface area contributed by atoms with Crippen LogP contribution in [-0.4, -0.2) is 41.9 Å². The summed E-state index contributed by atoms with van der Waals surface area (Å²) in [6, 6.07) is 0.388. The molecule has 2 fully saturated rings. The van der Waals surface area contributed by atoms with Crippen LogP contribution in [0.4, 0.5) is 4.79 Å². The lowest BCUT2D eigenvalue weighted by atomic mass is 10.0. The third kappa shape index (κ3) is 2.43. The fraction of sp³-hybridized carbons (Fsp3) is 0.909. The van der Waals surface area contributed by atoms with Gasteiger partial charge in [-0.2, -0.15) is 0 Å². The molecule has 0 radical (unpaired) electrons. The molecule has 1 saturated carbocycles.